The van der Waals surface area contributed by atoms with Crippen LogP contribution in [-0.2, 0) is 0 Å². The van der Waals surface area contributed by atoms with Crippen LogP contribution in [0, 0.1) is 17.3 Å². The molecular formula is C12H20O. The molecule has 0 amide bonds. The largest absolute Gasteiger partial charge is 0.392 e. The van der Waals surface area contributed by atoms with Crippen LogP contribution in [0.5, 0.6) is 0 Å². The van der Waals surface area contributed by atoms with Crippen LogP contribution in [0.2, 0.25) is 0 Å². The van der Waals surface area contributed by atoms with Gasteiger partial charge in [-0.2, -0.15) is 0 Å². The second kappa shape index (κ2) is 2.84. The van der Waals surface area contributed by atoms with Gasteiger partial charge in [-0.3, -0.25) is 0 Å². The van der Waals surface area contributed by atoms with Crippen LogP contribution >= 0.6 is 0 Å². The lowest BCUT2D eigenvalue weighted by Crippen LogP contribution is -2.48. The van der Waals surface area contributed by atoms with Gasteiger partial charge in [0.15, 0.2) is 0 Å². The lowest BCUT2D eigenvalue weighted by atomic mass is 9.58. The van der Waals surface area contributed by atoms with Gasteiger partial charge in [0, 0.05) is 5.41 Å². The quantitative estimate of drug-likeness (QED) is 0.568. The summed E-state index contributed by atoms with van der Waals surface area (Å²) in [4.78, 5) is 0. The van der Waals surface area contributed by atoms with Gasteiger partial charge in [-0.1, -0.05) is 25.5 Å². The zero-order chi connectivity index (χ0) is 9.64. The summed E-state index contributed by atoms with van der Waals surface area (Å²) in [5.41, 5.74) is 1.50. The molecule has 0 spiro atoms. The summed E-state index contributed by atoms with van der Waals surface area (Å²) in [5.74, 6) is 1.22. The molecule has 1 heteroatoms. The molecule has 1 fully saturated rings. The number of fused-ring (bicyclic) bond motifs is 2. The van der Waals surface area contributed by atoms with Gasteiger partial charge in [0.05, 0.1) is 6.10 Å². The molecule has 0 heterocycles. The van der Waals surface area contributed by atoms with Crippen LogP contribution in [0.25, 0.3) is 0 Å². The predicted octanol–water partition coefficient (Wildman–Crippen LogP) is 2.75. The first-order valence-corrected chi connectivity index (χ1v) is 5.41. The zero-order valence-corrected chi connectivity index (χ0v) is 8.88. The molecule has 13 heavy (non-hydrogen) atoms. The Labute approximate surface area is 80.8 Å². The van der Waals surface area contributed by atoms with Crippen molar-refractivity contribution in [2.24, 2.45) is 17.3 Å². The van der Waals surface area contributed by atoms with Crippen LogP contribution in [0.4, 0.5) is 0 Å². The number of hydrogen-bond acceptors (Lipinski definition) is 1. The van der Waals surface area contributed by atoms with Crippen molar-refractivity contribution < 1.29 is 5.11 Å². The van der Waals surface area contributed by atoms with Gasteiger partial charge in [-0.05, 0) is 38.0 Å². The van der Waals surface area contributed by atoms with E-state index in [2.05, 4.69) is 26.8 Å². The zero-order valence-electron chi connectivity index (χ0n) is 8.88. The molecule has 2 rings (SSSR count). The van der Waals surface area contributed by atoms with E-state index in [-0.39, 0.29) is 11.5 Å². The van der Waals surface area contributed by atoms with E-state index in [0.717, 1.165) is 12.8 Å². The van der Waals surface area contributed by atoms with Crippen LogP contribution in [0.1, 0.15) is 40.0 Å². The highest BCUT2D eigenvalue weighted by atomic mass is 16.3. The number of rotatable bonds is 0. The van der Waals surface area contributed by atoms with Gasteiger partial charge in [0.25, 0.3) is 0 Å². The highest BCUT2D eigenvalue weighted by Gasteiger charge is 2.46. The predicted molar refractivity (Wildman–Crippen MR) is 54.4 cm³/mol. The molecule has 1 N–H and O–H groups in total. The Morgan fingerprint density at radius 3 is 2.92 bits per heavy atom. The van der Waals surface area contributed by atoms with Crippen molar-refractivity contribution in [2.75, 3.05) is 0 Å². The molecule has 0 aromatic carbocycles. The average molecular weight is 180 g/mol. The third-order valence-corrected chi connectivity index (χ3v) is 4.51. The minimum Gasteiger partial charge on any atom is -0.392 e. The normalized spacial score (nSPS) is 50.2. The molecular weight excluding hydrogens is 160 g/mol. The summed E-state index contributed by atoms with van der Waals surface area (Å²) in [7, 11) is 0. The van der Waals surface area contributed by atoms with Crippen molar-refractivity contribution in [2.45, 2.75) is 46.1 Å². The first kappa shape index (κ1) is 9.26. The maximum atomic E-state index is 10.2. The topological polar surface area (TPSA) is 20.2 Å². The highest BCUT2D eigenvalue weighted by molar-refractivity contribution is 5.20. The Balaban J connectivity index is 2.35. The number of aliphatic hydroxyl groups is 1. The minimum atomic E-state index is -0.0961. The second-order valence-electron chi connectivity index (χ2n) is 5.16. The third-order valence-electron chi connectivity index (χ3n) is 4.51. The van der Waals surface area contributed by atoms with Crippen LogP contribution in [-0.4, -0.2) is 11.2 Å². The molecule has 4 atom stereocenters. The molecule has 0 aliphatic heterocycles. The van der Waals surface area contributed by atoms with Crippen LogP contribution in [0.15, 0.2) is 11.6 Å². The molecule has 2 aliphatic rings. The van der Waals surface area contributed by atoms with Crippen molar-refractivity contribution in [1.29, 1.82) is 0 Å². The summed E-state index contributed by atoms with van der Waals surface area (Å²) in [5, 5.41) is 10.2. The summed E-state index contributed by atoms with van der Waals surface area (Å²) in [6, 6.07) is 0. The number of allylic oxidation sites excluding steroid dienone is 1. The van der Waals surface area contributed by atoms with E-state index in [1.54, 1.807) is 0 Å². The average Bonchev–Trinajstić information content (AvgIpc) is 2.09. The summed E-state index contributed by atoms with van der Waals surface area (Å²) in [6.07, 6.45) is 5.77. The van der Waals surface area contributed by atoms with E-state index >= 15 is 0 Å². The summed E-state index contributed by atoms with van der Waals surface area (Å²) in [6.45, 7) is 6.68. The molecule has 0 aromatic rings. The lowest BCUT2D eigenvalue weighted by Gasteiger charge is -2.50. The summed E-state index contributed by atoms with van der Waals surface area (Å²) < 4.78 is 0. The first-order chi connectivity index (χ1) is 6.05. The van der Waals surface area contributed by atoms with E-state index in [0.29, 0.717) is 11.8 Å². The van der Waals surface area contributed by atoms with E-state index in [1.165, 1.54) is 12.0 Å². The van der Waals surface area contributed by atoms with E-state index in [9.17, 15) is 5.11 Å². The van der Waals surface area contributed by atoms with Crippen molar-refractivity contribution >= 4 is 0 Å². The Bertz CT molecular complexity index is 244. The van der Waals surface area contributed by atoms with E-state index in [4.69, 9.17) is 0 Å². The first-order valence-electron chi connectivity index (χ1n) is 5.41. The smallest absolute Gasteiger partial charge is 0.0664 e. The van der Waals surface area contributed by atoms with Crippen molar-refractivity contribution in [1.82, 2.24) is 0 Å². The maximum absolute atomic E-state index is 10.2. The molecule has 74 valence electrons. The SMILES string of the molecule is CC1=CC[C@@H]2C(O)[C@@]1(C)CC[C@H]2C. The maximum Gasteiger partial charge on any atom is 0.0664 e. The van der Waals surface area contributed by atoms with E-state index in [1.807, 2.05) is 0 Å². The van der Waals surface area contributed by atoms with Gasteiger partial charge in [0.1, 0.15) is 0 Å². The fourth-order valence-corrected chi connectivity index (χ4v) is 3.01. The van der Waals surface area contributed by atoms with Gasteiger partial charge in [0.2, 0.25) is 0 Å². The van der Waals surface area contributed by atoms with Crippen LogP contribution < -0.4 is 0 Å². The number of hydrogen-bond donors (Lipinski definition) is 1. The van der Waals surface area contributed by atoms with Crippen LogP contribution in [0.3, 0.4) is 0 Å². The fraction of sp³-hybridized carbons (Fsp3) is 0.833. The molecule has 1 saturated carbocycles. The van der Waals surface area contributed by atoms with Gasteiger partial charge in [-0.25, -0.2) is 0 Å². The monoisotopic (exact) mass is 180 g/mol. The van der Waals surface area contributed by atoms with Crippen molar-refractivity contribution in [3.05, 3.63) is 11.6 Å². The highest BCUT2D eigenvalue weighted by Crippen LogP contribution is 2.51. The third kappa shape index (κ3) is 1.17. The molecule has 1 unspecified atom stereocenters. The molecule has 2 aliphatic carbocycles. The molecule has 1 nitrogen and oxygen atoms in total. The molecule has 0 radical (unpaired) electrons. The van der Waals surface area contributed by atoms with Gasteiger partial charge >= 0.3 is 0 Å². The number of aliphatic hydroxyl groups excluding tert-OH is 1. The minimum absolute atomic E-state index is 0.0927. The molecule has 2 bridgehead atoms. The Hall–Kier alpha value is -0.300. The standard InChI is InChI=1S/C12H20O/c1-8-6-7-12(3)9(2)4-5-10(8)11(12)13/h4,8,10-11,13H,5-7H2,1-3H3/t8-,10+,11?,12+/m1/s1. The van der Waals surface area contributed by atoms with Gasteiger partial charge in [-0.15, -0.1) is 0 Å². The Morgan fingerprint density at radius 2 is 2.23 bits per heavy atom. The summed E-state index contributed by atoms with van der Waals surface area (Å²) >= 11 is 0. The molecule has 0 aromatic heterocycles. The Kier molecular flexibility index (Phi) is 2.03. The van der Waals surface area contributed by atoms with Crippen molar-refractivity contribution in [3.8, 4) is 0 Å². The van der Waals surface area contributed by atoms with Crippen molar-refractivity contribution in [3.63, 3.8) is 0 Å². The Morgan fingerprint density at radius 1 is 1.54 bits per heavy atom. The second-order valence-corrected chi connectivity index (χ2v) is 5.16. The van der Waals surface area contributed by atoms with Gasteiger partial charge < -0.3 is 5.11 Å². The fourth-order valence-electron chi connectivity index (χ4n) is 3.01. The lowest BCUT2D eigenvalue weighted by molar-refractivity contribution is -0.0528. The molecule has 0 saturated heterocycles. The van der Waals surface area contributed by atoms with E-state index < -0.39 is 0 Å².